The van der Waals surface area contributed by atoms with E-state index in [1.54, 1.807) is 0 Å². The van der Waals surface area contributed by atoms with Gasteiger partial charge in [0.1, 0.15) is 28.7 Å². The average molecular weight is 517 g/mol. The van der Waals surface area contributed by atoms with E-state index >= 15 is 0 Å². The van der Waals surface area contributed by atoms with Crippen molar-refractivity contribution in [3.05, 3.63) is 132 Å². The Balaban J connectivity index is 1.81. The summed E-state index contributed by atoms with van der Waals surface area (Å²) >= 11 is 0. The fraction of sp³-hybridized carbons (Fsp3) is 0.143. The van der Waals surface area contributed by atoms with Crippen LogP contribution in [0.5, 0.6) is 46.0 Å². The van der Waals surface area contributed by atoms with Crippen molar-refractivity contribution in [2.75, 3.05) is 0 Å². The van der Waals surface area contributed by atoms with E-state index in [0.717, 1.165) is 16.9 Å². The topological polar surface area (TPSA) is 36.9 Å². The highest BCUT2D eigenvalue weighted by molar-refractivity contribution is 5.70. The van der Waals surface area contributed by atoms with Gasteiger partial charge in [0, 0.05) is 11.1 Å². The minimum atomic E-state index is -0.376. The summed E-state index contributed by atoms with van der Waals surface area (Å²) in [6.45, 7) is 8.42. The van der Waals surface area contributed by atoms with E-state index in [1.807, 2.05) is 128 Å². The monoisotopic (exact) mass is 516 g/mol. The van der Waals surface area contributed by atoms with Crippen molar-refractivity contribution in [2.24, 2.45) is 0 Å². The second kappa shape index (κ2) is 11.4. The van der Waals surface area contributed by atoms with Gasteiger partial charge in [-0.25, -0.2) is 0 Å². The van der Waals surface area contributed by atoms with Crippen molar-refractivity contribution in [3.63, 3.8) is 0 Å². The fourth-order valence-electron chi connectivity index (χ4n) is 4.33. The Morgan fingerprint density at radius 1 is 0.385 bits per heavy atom. The zero-order valence-electron chi connectivity index (χ0n) is 22.7. The predicted octanol–water partition coefficient (Wildman–Crippen LogP) is 10.5. The third-order valence-electron chi connectivity index (χ3n) is 6.15. The van der Waals surface area contributed by atoms with Crippen LogP contribution in [0, 0.1) is 6.92 Å². The minimum absolute atomic E-state index is 0.376. The summed E-state index contributed by atoms with van der Waals surface area (Å²) in [5.41, 5.74) is 1.30. The van der Waals surface area contributed by atoms with E-state index in [4.69, 9.17) is 18.9 Å². The molecule has 0 aliphatic rings. The van der Waals surface area contributed by atoms with Gasteiger partial charge in [-0.05, 0) is 60.9 Å². The molecule has 39 heavy (non-hydrogen) atoms. The molecule has 0 heterocycles. The molecule has 0 aromatic heterocycles. The van der Waals surface area contributed by atoms with Gasteiger partial charge in [0.05, 0.1) is 0 Å². The van der Waals surface area contributed by atoms with Crippen molar-refractivity contribution in [2.45, 2.75) is 33.1 Å². The summed E-state index contributed by atoms with van der Waals surface area (Å²) in [5, 5.41) is 0. The molecule has 0 N–H and O–H groups in total. The zero-order chi connectivity index (χ0) is 27.2. The molecule has 0 radical (unpaired) electrons. The summed E-state index contributed by atoms with van der Waals surface area (Å²) < 4.78 is 26.4. The summed E-state index contributed by atoms with van der Waals surface area (Å²) in [6.07, 6.45) is 0. The van der Waals surface area contributed by atoms with Gasteiger partial charge in [-0.1, -0.05) is 93.6 Å². The maximum Gasteiger partial charge on any atom is 0.213 e. The lowest BCUT2D eigenvalue weighted by Gasteiger charge is -2.30. The SMILES string of the molecule is Cc1c(Oc2ccccc2)c(Oc2ccccc2)c(Oc2ccccc2)c(C(C)(C)C)c1Oc1ccccc1. The van der Waals surface area contributed by atoms with Crippen LogP contribution in [0.1, 0.15) is 31.9 Å². The molecule has 0 atom stereocenters. The summed E-state index contributed by atoms with van der Waals surface area (Å²) in [4.78, 5) is 0. The normalized spacial score (nSPS) is 11.1. The lowest BCUT2D eigenvalue weighted by atomic mass is 9.83. The van der Waals surface area contributed by atoms with Gasteiger partial charge in [0.15, 0.2) is 11.5 Å². The van der Waals surface area contributed by atoms with E-state index in [0.29, 0.717) is 40.2 Å². The molecular formula is C35H32O4. The average Bonchev–Trinajstić information content (AvgIpc) is 2.94. The van der Waals surface area contributed by atoms with Crippen LogP contribution >= 0.6 is 0 Å². The van der Waals surface area contributed by atoms with E-state index in [1.165, 1.54) is 0 Å². The van der Waals surface area contributed by atoms with E-state index in [9.17, 15) is 0 Å². The third kappa shape index (κ3) is 6.07. The van der Waals surface area contributed by atoms with Crippen molar-refractivity contribution in [1.82, 2.24) is 0 Å². The maximum absolute atomic E-state index is 6.67. The van der Waals surface area contributed by atoms with Crippen molar-refractivity contribution >= 4 is 0 Å². The van der Waals surface area contributed by atoms with Crippen LogP contribution in [0.15, 0.2) is 121 Å². The summed E-state index contributed by atoms with van der Waals surface area (Å²) in [5.74, 6) is 4.97. The molecule has 0 unspecified atom stereocenters. The van der Waals surface area contributed by atoms with Crippen molar-refractivity contribution in [1.29, 1.82) is 0 Å². The number of hydrogen-bond acceptors (Lipinski definition) is 4. The zero-order valence-corrected chi connectivity index (χ0v) is 22.7. The van der Waals surface area contributed by atoms with Gasteiger partial charge < -0.3 is 18.9 Å². The highest BCUT2D eigenvalue weighted by Crippen LogP contribution is 2.56. The van der Waals surface area contributed by atoms with Crippen LogP contribution in [0.4, 0.5) is 0 Å². The first-order valence-corrected chi connectivity index (χ1v) is 13.0. The molecule has 4 nitrogen and oxygen atoms in total. The molecule has 5 aromatic carbocycles. The molecular weight excluding hydrogens is 484 g/mol. The largest absolute Gasteiger partial charge is 0.456 e. The van der Waals surface area contributed by atoms with Crippen LogP contribution in [0.3, 0.4) is 0 Å². The van der Waals surface area contributed by atoms with Gasteiger partial charge >= 0.3 is 0 Å². The molecule has 0 spiro atoms. The second-order valence-corrected chi connectivity index (χ2v) is 10.2. The lowest BCUT2D eigenvalue weighted by Crippen LogP contribution is -2.16. The second-order valence-electron chi connectivity index (χ2n) is 10.2. The van der Waals surface area contributed by atoms with Gasteiger partial charge in [-0.15, -0.1) is 0 Å². The minimum Gasteiger partial charge on any atom is -0.456 e. The van der Waals surface area contributed by atoms with Crippen LogP contribution < -0.4 is 18.9 Å². The molecule has 5 aromatic rings. The summed E-state index contributed by atoms with van der Waals surface area (Å²) in [7, 11) is 0. The third-order valence-corrected chi connectivity index (χ3v) is 6.15. The highest BCUT2D eigenvalue weighted by Gasteiger charge is 2.34. The Bertz CT molecular complexity index is 1510. The standard InChI is InChI=1S/C35H32O4/c1-25-31(36-26-17-9-5-10-18-26)30(35(2,3)4)33(38-28-21-13-7-14-22-28)34(39-29-23-15-8-16-24-29)32(25)37-27-19-11-6-12-20-27/h5-24H,1-4H3. The lowest BCUT2D eigenvalue weighted by molar-refractivity contribution is 0.362. The Morgan fingerprint density at radius 2 is 0.692 bits per heavy atom. The van der Waals surface area contributed by atoms with Gasteiger partial charge in [0.2, 0.25) is 5.75 Å². The Labute approximate surface area is 230 Å². The molecule has 5 rings (SSSR count). The van der Waals surface area contributed by atoms with Crippen LogP contribution in [0.2, 0.25) is 0 Å². The maximum atomic E-state index is 6.67. The Morgan fingerprint density at radius 3 is 1.05 bits per heavy atom. The predicted molar refractivity (Wildman–Crippen MR) is 156 cm³/mol. The number of benzene rings is 5. The van der Waals surface area contributed by atoms with E-state index in [2.05, 4.69) is 20.8 Å². The molecule has 0 saturated carbocycles. The van der Waals surface area contributed by atoms with Gasteiger partial charge in [-0.2, -0.15) is 0 Å². The fourth-order valence-corrected chi connectivity index (χ4v) is 4.33. The Hall–Kier alpha value is -4.70. The van der Waals surface area contributed by atoms with Crippen LogP contribution in [-0.2, 0) is 5.41 Å². The van der Waals surface area contributed by atoms with Gasteiger partial charge in [0.25, 0.3) is 0 Å². The van der Waals surface area contributed by atoms with Crippen molar-refractivity contribution < 1.29 is 18.9 Å². The highest BCUT2D eigenvalue weighted by atomic mass is 16.5. The van der Waals surface area contributed by atoms with Crippen LogP contribution in [-0.4, -0.2) is 0 Å². The molecule has 0 saturated heterocycles. The van der Waals surface area contributed by atoms with Crippen LogP contribution in [0.25, 0.3) is 0 Å². The molecule has 0 fully saturated rings. The first kappa shape index (κ1) is 25.9. The number of rotatable bonds is 8. The molecule has 4 heteroatoms. The Kier molecular flexibility index (Phi) is 7.55. The summed E-state index contributed by atoms with van der Waals surface area (Å²) in [6, 6.07) is 38.8. The molecule has 196 valence electrons. The van der Waals surface area contributed by atoms with E-state index < -0.39 is 0 Å². The molecule has 0 amide bonds. The quantitative estimate of drug-likeness (QED) is 0.206. The first-order valence-electron chi connectivity index (χ1n) is 13.0. The van der Waals surface area contributed by atoms with E-state index in [-0.39, 0.29) is 5.41 Å². The number of para-hydroxylation sites is 4. The smallest absolute Gasteiger partial charge is 0.213 e. The number of hydrogen-bond donors (Lipinski definition) is 0. The first-order chi connectivity index (χ1) is 18.9. The van der Waals surface area contributed by atoms with Crippen molar-refractivity contribution in [3.8, 4) is 46.0 Å². The molecule has 0 aliphatic carbocycles. The molecule has 0 bridgehead atoms. The number of ether oxygens (including phenoxy) is 4. The van der Waals surface area contributed by atoms with Gasteiger partial charge in [-0.3, -0.25) is 0 Å². The molecule has 0 aliphatic heterocycles.